The van der Waals surface area contributed by atoms with Crippen molar-refractivity contribution in [1.29, 1.82) is 0 Å². The molecule has 1 saturated heterocycles. The SMILES string of the molecule is CCNC(=O)Oc1cccc2c1CC[C@H]1[C@@H]2CCN1CCC1CCCCC1. The van der Waals surface area contributed by atoms with E-state index >= 15 is 0 Å². The van der Waals surface area contributed by atoms with Crippen LogP contribution in [0.2, 0.25) is 0 Å². The van der Waals surface area contributed by atoms with Crippen molar-refractivity contribution >= 4 is 6.09 Å². The monoisotopic (exact) mass is 370 g/mol. The fraction of sp³-hybridized carbons (Fsp3) is 0.696. The molecule has 2 aliphatic carbocycles. The van der Waals surface area contributed by atoms with Gasteiger partial charge in [-0.05, 0) is 68.8 Å². The highest BCUT2D eigenvalue weighted by atomic mass is 16.6. The van der Waals surface area contributed by atoms with Crippen LogP contribution in [-0.2, 0) is 6.42 Å². The normalized spacial score (nSPS) is 25.7. The maximum atomic E-state index is 11.9. The van der Waals surface area contributed by atoms with E-state index in [1.54, 1.807) is 0 Å². The van der Waals surface area contributed by atoms with Gasteiger partial charge in [-0.1, -0.05) is 44.2 Å². The van der Waals surface area contributed by atoms with Crippen LogP contribution in [0.3, 0.4) is 0 Å². The van der Waals surface area contributed by atoms with Gasteiger partial charge < -0.3 is 10.1 Å². The second-order valence-electron chi connectivity index (χ2n) is 8.57. The number of hydrogen-bond donors (Lipinski definition) is 1. The first-order chi connectivity index (χ1) is 13.3. The van der Waals surface area contributed by atoms with Crippen molar-refractivity contribution < 1.29 is 9.53 Å². The third-order valence-electron chi connectivity index (χ3n) is 6.99. The summed E-state index contributed by atoms with van der Waals surface area (Å²) in [7, 11) is 0. The zero-order chi connectivity index (χ0) is 18.6. The van der Waals surface area contributed by atoms with Gasteiger partial charge in [-0.2, -0.15) is 0 Å². The van der Waals surface area contributed by atoms with Gasteiger partial charge in [-0.25, -0.2) is 4.79 Å². The molecule has 0 aromatic heterocycles. The van der Waals surface area contributed by atoms with Crippen molar-refractivity contribution in [2.75, 3.05) is 19.6 Å². The highest BCUT2D eigenvalue weighted by Gasteiger charge is 2.39. The van der Waals surface area contributed by atoms with Gasteiger partial charge in [0, 0.05) is 18.5 Å². The second kappa shape index (κ2) is 8.64. The minimum absolute atomic E-state index is 0.339. The first kappa shape index (κ1) is 18.8. The van der Waals surface area contributed by atoms with Crippen LogP contribution in [0.5, 0.6) is 5.75 Å². The molecule has 1 aromatic rings. The Balaban J connectivity index is 1.41. The van der Waals surface area contributed by atoms with Crippen molar-refractivity contribution in [1.82, 2.24) is 10.2 Å². The van der Waals surface area contributed by atoms with E-state index in [2.05, 4.69) is 22.3 Å². The molecule has 0 spiro atoms. The number of amides is 1. The Morgan fingerprint density at radius 2 is 2.04 bits per heavy atom. The van der Waals surface area contributed by atoms with Crippen molar-refractivity contribution in [3.8, 4) is 5.75 Å². The molecule has 0 bridgehead atoms. The van der Waals surface area contributed by atoms with Gasteiger partial charge in [0.1, 0.15) is 5.75 Å². The van der Waals surface area contributed by atoms with Crippen LogP contribution in [0.15, 0.2) is 18.2 Å². The third kappa shape index (κ3) is 4.16. The summed E-state index contributed by atoms with van der Waals surface area (Å²) in [6.45, 7) is 5.00. The van der Waals surface area contributed by atoms with Gasteiger partial charge in [0.25, 0.3) is 0 Å². The number of carbonyl (C=O) groups is 1. The average molecular weight is 371 g/mol. The van der Waals surface area contributed by atoms with E-state index in [4.69, 9.17) is 4.74 Å². The Kier molecular flexibility index (Phi) is 6.01. The van der Waals surface area contributed by atoms with E-state index < -0.39 is 0 Å². The maximum absolute atomic E-state index is 11.9. The van der Waals surface area contributed by atoms with Gasteiger partial charge in [0.15, 0.2) is 0 Å². The number of ether oxygens (including phenoxy) is 1. The van der Waals surface area contributed by atoms with Crippen molar-refractivity contribution in [3.63, 3.8) is 0 Å². The summed E-state index contributed by atoms with van der Waals surface area (Å²) >= 11 is 0. The summed E-state index contributed by atoms with van der Waals surface area (Å²) < 4.78 is 5.59. The molecule has 2 atom stereocenters. The van der Waals surface area contributed by atoms with Gasteiger partial charge in [-0.15, -0.1) is 0 Å². The summed E-state index contributed by atoms with van der Waals surface area (Å²) in [5.41, 5.74) is 2.69. The molecule has 2 fully saturated rings. The first-order valence-corrected chi connectivity index (χ1v) is 11.1. The van der Waals surface area contributed by atoms with Crippen LogP contribution in [0.1, 0.15) is 75.3 Å². The average Bonchev–Trinajstić information content (AvgIpc) is 3.11. The first-order valence-electron chi connectivity index (χ1n) is 11.1. The van der Waals surface area contributed by atoms with Crippen LogP contribution < -0.4 is 10.1 Å². The van der Waals surface area contributed by atoms with Crippen LogP contribution in [0.4, 0.5) is 4.79 Å². The number of nitrogens with zero attached hydrogens (tertiary/aromatic N) is 1. The molecular weight excluding hydrogens is 336 g/mol. The molecular formula is C23H34N2O2. The molecule has 1 heterocycles. The van der Waals surface area contributed by atoms with Crippen LogP contribution in [-0.4, -0.2) is 36.7 Å². The number of rotatable bonds is 5. The molecule has 27 heavy (non-hydrogen) atoms. The highest BCUT2D eigenvalue weighted by molar-refractivity contribution is 5.71. The van der Waals surface area contributed by atoms with E-state index in [0.717, 1.165) is 18.1 Å². The summed E-state index contributed by atoms with van der Waals surface area (Å²) in [4.78, 5) is 14.6. The number of hydrogen-bond acceptors (Lipinski definition) is 3. The predicted octanol–water partition coefficient (Wildman–Crippen LogP) is 4.87. The number of carbonyl (C=O) groups excluding carboxylic acids is 1. The number of fused-ring (bicyclic) bond motifs is 3. The van der Waals surface area contributed by atoms with Crippen molar-refractivity contribution in [2.24, 2.45) is 5.92 Å². The van der Waals surface area contributed by atoms with Crippen LogP contribution in [0.25, 0.3) is 0 Å². The molecule has 1 aliphatic heterocycles. The Bertz CT molecular complexity index is 654. The number of likely N-dealkylation sites (tertiary alicyclic amines) is 1. The fourth-order valence-corrected chi connectivity index (χ4v) is 5.63. The Hall–Kier alpha value is -1.55. The number of nitrogens with one attached hydrogen (secondary N) is 1. The standard InChI is InChI=1S/C23H34N2O2/c1-2-24-23(26)27-22-10-6-9-18-19-14-16-25(21(19)12-11-20(18)22)15-13-17-7-4-3-5-8-17/h6,9-10,17,19,21H,2-5,7-8,11-16H2,1H3,(H,24,26)/t19-,21+/m1/s1. The van der Waals surface area contributed by atoms with Gasteiger partial charge >= 0.3 is 6.09 Å². The van der Waals surface area contributed by atoms with E-state index in [0.29, 0.717) is 18.5 Å². The van der Waals surface area contributed by atoms with E-state index in [1.165, 1.54) is 75.6 Å². The lowest BCUT2D eigenvalue weighted by Gasteiger charge is -2.35. The van der Waals surface area contributed by atoms with Gasteiger partial charge in [0.05, 0.1) is 0 Å². The zero-order valence-corrected chi connectivity index (χ0v) is 16.7. The van der Waals surface area contributed by atoms with Crippen molar-refractivity contribution in [2.45, 2.75) is 76.7 Å². The molecule has 1 N–H and O–H groups in total. The molecule has 1 amide bonds. The van der Waals surface area contributed by atoms with E-state index in [1.807, 2.05) is 13.0 Å². The van der Waals surface area contributed by atoms with Crippen LogP contribution >= 0.6 is 0 Å². The van der Waals surface area contributed by atoms with E-state index in [9.17, 15) is 4.79 Å². The summed E-state index contributed by atoms with van der Waals surface area (Å²) in [5, 5.41) is 2.73. The summed E-state index contributed by atoms with van der Waals surface area (Å²) in [6.07, 6.45) is 11.7. The molecule has 0 radical (unpaired) electrons. The molecule has 4 heteroatoms. The van der Waals surface area contributed by atoms with E-state index in [-0.39, 0.29) is 6.09 Å². The Morgan fingerprint density at radius 1 is 1.19 bits per heavy atom. The maximum Gasteiger partial charge on any atom is 0.412 e. The molecule has 1 aromatic carbocycles. The smallest absolute Gasteiger partial charge is 0.410 e. The largest absolute Gasteiger partial charge is 0.412 e. The second-order valence-corrected chi connectivity index (χ2v) is 8.57. The molecule has 4 rings (SSSR count). The van der Waals surface area contributed by atoms with Gasteiger partial charge in [-0.3, -0.25) is 4.90 Å². The Labute approximate surface area is 163 Å². The summed E-state index contributed by atoms with van der Waals surface area (Å²) in [5.74, 6) is 2.33. The zero-order valence-electron chi connectivity index (χ0n) is 16.7. The lowest BCUT2D eigenvalue weighted by molar-refractivity contribution is 0.195. The molecule has 4 nitrogen and oxygen atoms in total. The highest BCUT2D eigenvalue weighted by Crippen LogP contribution is 2.44. The lowest BCUT2D eigenvalue weighted by atomic mass is 9.79. The van der Waals surface area contributed by atoms with Crippen molar-refractivity contribution in [3.05, 3.63) is 29.3 Å². The minimum Gasteiger partial charge on any atom is -0.410 e. The molecule has 3 aliphatic rings. The fourth-order valence-electron chi connectivity index (χ4n) is 5.63. The molecule has 0 unspecified atom stereocenters. The third-order valence-corrected chi connectivity index (χ3v) is 6.99. The van der Waals surface area contributed by atoms with Gasteiger partial charge in [0.2, 0.25) is 0 Å². The quantitative estimate of drug-likeness (QED) is 0.804. The molecule has 148 valence electrons. The predicted molar refractivity (Wildman–Crippen MR) is 108 cm³/mol. The molecule has 1 saturated carbocycles. The number of benzene rings is 1. The lowest BCUT2D eigenvalue weighted by Crippen LogP contribution is -2.36. The Morgan fingerprint density at radius 3 is 2.85 bits per heavy atom. The summed E-state index contributed by atoms with van der Waals surface area (Å²) in [6, 6.07) is 6.95. The minimum atomic E-state index is -0.339. The topological polar surface area (TPSA) is 41.6 Å². The van der Waals surface area contributed by atoms with Crippen LogP contribution in [0, 0.1) is 5.92 Å².